The van der Waals surface area contributed by atoms with Crippen LogP contribution in [-0.2, 0) is 0 Å². The Morgan fingerprint density at radius 1 is 1.04 bits per heavy atom. The fourth-order valence-corrected chi connectivity index (χ4v) is 3.08. The van der Waals surface area contributed by atoms with Crippen molar-refractivity contribution in [2.24, 2.45) is 0 Å². The Kier molecular flexibility index (Phi) is 4.42. The minimum atomic E-state index is -0.230. The van der Waals surface area contributed by atoms with Crippen molar-refractivity contribution in [2.45, 2.75) is 13.8 Å². The smallest absolute Gasteiger partial charge is 0.258 e. The predicted octanol–water partition coefficient (Wildman–Crippen LogP) is 3.39. The number of benzene rings is 1. The molecule has 4 aromatic rings. The molecule has 0 saturated carbocycles. The van der Waals surface area contributed by atoms with Crippen LogP contribution in [0.2, 0.25) is 0 Å². The maximum atomic E-state index is 12.8. The number of carbonyl (C=O) groups is 1. The van der Waals surface area contributed by atoms with Crippen LogP contribution in [0.4, 0.5) is 5.69 Å². The summed E-state index contributed by atoms with van der Waals surface area (Å²) in [4.78, 5) is 29.3. The van der Waals surface area contributed by atoms with Gasteiger partial charge in [-0.15, -0.1) is 9.24 Å². The van der Waals surface area contributed by atoms with Crippen LogP contribution in [0.1, 0.15) is 21.7 Å². The van der Waals surface area contributed by atoms with Gasteiger partial charge in [0.1, 0.15) is 5.82 Å². The van der Waals surface area contributed by atoms with Crippen molar-refractivity contribution in [3.63, 3.8) is 0 Å². The highest BCUT2D eigenvalue weighted by atomic mass is 31.0. The molecule has 27 heavy (non-hydrogen) atoms. The van der Waals surface area contributed by atoms with E-state index >= 15 is 0 Å². The Morgan fingerprint density at radius 3 is 2.56 bits per heavy atom. The van der Waals surface area contributed by atoms with Gasteiger partial charge in [0, 0.05) is 17.5 Å². The number of carbonyl (C=O) groups excluding carboxylic acids is 1. The average molecular weight is 375 g/mol. The number of rotatable bonds is 3. The summed E-state index contributed by atoms with van der Waals surface area (Å²) in [6.07, 6.45) is 1.59. The van der Waals surface area contributed by atoms with Crippen molar-refractivity contribution in [1.29, 1.82) is 0 Å². The van der Waals surface area contributed by atoms with Crippen LogP contribution in [0.3, 0.4) is 0 Å². The molecule has 0 aliphatic rings. The molecule has 0 bridgehead atoms. The predicted molar refractivity (Wildman–Crippen MR) is 110 cm³/mol. The van der Waals surface area contributed by atoms with Crippen LogP contribution in [0.15, 0.2) is 48.7 Å². The van der Waals surface area contributed by atoms with Gasteiger partial charge in [0.25, 0.3) is 5.91 Å². The zero-order chi connectivity index (χ0) is 19.0. The fourth-order valence-electron chi connectivity index (χ4n) is 2.89. The third-order valence-electron chi connectivity index (χ3n) is 4.29. The number of aromatic nitrogens is 4. The molecule has 1 atom stereocenters. The number of pyridine rings is 2. The number of nitrogens with zero attached hydrogens (tertiary/aromatic N) is 3. The summed E-state index contributed by atoms with van der Waals surface area (Å²) in [6, 6.07) is 13.3. The van der Waals surface area contributed by atoms with Gasteiger partial charge in [-0.05, 0) is 37.4 Å². The van der Waals surface area contributed by atoms with Gasteiger partial charge < -0.3 is 10.3 Å². The number of hydrogen-bond acceptors (Lipinski definition) is 4. The number of fused-ring (bicyclic) bond motifs is 1. The number of aryl methyl sites for hydroxylation is 2. The normalized spacial score (nSPS) is 10.9. The first-order valence-corrected chi connectivity index (χ1v) is 9.05. The number of anilines is 1. The summed E-state index contributed by atoms with van der Waals surface area (Å²) >= 11 is 0. The molecule has 6 nitrogen and oxygen atoms in total. The lowest BCUT2D eigenvalue weighted by molar-refractivity contribution is 0.102. The molecule has 0 fully saturated rings. The Morgan fingerprint density at radius 2 is 1.81 bits per heavy atom. The van der Waals surface area contributed by atoms with E-state index in [0.29, 0.717) is 28.2 Å². The Bertz CT molecular complexity index is 1150. The zero-order valence-corrected chi connectivity index (χ0v) is 16.1. The first kappa shape index (κ1) is 17.3. The minimum absolute atomic E-state index is 0.230. The summed E-state index contributed by atoms with van der Waals surface area (Å²) in [5, 5.41) is 4.02. The van der Waals surface area contributed by atoms with E-state index in [1.807, 2.05) is 50.2 Å². The third-order valence-corrected chi connectivity index (χ3v) is 4.68. The van der Waals surface area contributed by atoms with Gasteiger partial charge in [-0.2, -0.15) is 0 Å². The molecular weight excluding hydrogens is 357 g/mol. The molecule has 7 heteroatoms. The second-order valence-electron chi connectivity index (χ2n) is 6.30. The SMILES string of the molecule is Cc1ccc(NC(=O)c2ccnc3nc(-c4ccc(P)cc4)[nH]c23)c(C)n1. The van der Waals surface area contributed by atoms with Crippen molar-refractivity contribution in [2.75, 3.05) is 5.32 Å². The van der Waals surface area contributed by atoms with E-state index in [-0.39, 0.29) is 5.91 Å². The number of amides is 1. The lowest BCUT2D eigenvalue weighted by Crippen LogP contribution is -2.14. The molecule has 1 unspecified atom stereocenters. The standard InChI is InChI=1S/C20H18N5OP/c1-11-3-8-16(12(2)22-11)23-20(26)15-9-10-21-19-17(15)24-18(25-19)13-4-6-14(27)7-5-13/h3-10H,27H2,1-2H3,(H,23,26)(H,21,24,25). The van der Waals surface area contributed by atoms with Crippen molar-refractivity contribution >= 4 is 37.3 Å². The molecule has 0 aliphatic heterocycles. The van der Waals surface area contributed by atoms with E-state index in [2.05, 4.69) is 34.5 Å². The molecule has 0 saturated heterocycles. The number of hydrogen-bond donors (Lipinski definition) is 2. The quantitative estimate of drug-likeness (QED) is 0.538. The maximum Gasteiger partial charge on any atom is 0.258 e. The summed E-state index contributed by atoms with van der Waals surface area (Å²) in [7, 11) is 2.65. The van der Waals surface area contributed by atoms with Crippen molar-refractivity contribution < 1.29 is 4.79 Å². The van der Waals surface area contributed by atoms with Gasteiger partial charge in [-0.3, -0.25) is 9.78 Å². The number of nitrogens with one attached hydrogen (secondary N) is 2. The highest BCUT2D eigenvalue weighted by Crippen LogP contribution is 2.22. The van der Waals surface area contributed by atoms with Crippen LogP contribution in [0.25, 0.3) is 22.6 Å². The zero-order valence-electron chi connectivity index (χ0n) is 14.9. The Balaban J connectivity index is 1.71. The third kappa shape index (κ3) is 3.44. The van der Waals surface area contributed by atoms with Crippen molar-refractivity contribution in [3.8, 4) is 11.4 Å². The summed E-state index contributed by atoms with van der Waals surface area (Å²) in [5.41, 5.74) is 4.91. The maximum absolute atomic E-state index is 12.8. The molecule has 3 heterocycles. The van der Waals surface area contributed by atoms with E-state index in [1.165, 1.54) is 0 Å². The Hall–Kier alpha value is -3.11. The molecular formula is C20H18N5OP. The molecule has 4 rings (SSSR count). The van der Waals surface area contributed by atoms with Crippen LogP contribution in [0.5, 0.6) is 0 Å². The second-order valence-corrected chi connectivity index (χ2v) is 6.97. The van der Waals surface area contributed by atoms with E-state index in [0.717, 1.165) is 22.3 Å². The number of imidazole rings is 1. The largest absolute Gasteiger partial charge is 0.336 e. The number of H-pyrrole nitrogens is 1. The topological polar surface area (TPSA) is 83.6 Å². The van der Waals surface area contributed by atoms with Crippen LogP contribution < -0.4 is 10.6 Å². The van der Waals surface area contributed by atoms with E-state index in [9.17, 15) is 4.79 Å². The summed E-state index contributed by atoms with van der Waals surface area (Å²) in [5.74, 6) is 0.447. The summed E-state index contributed by atoms with van der Waals surface area (Å²) in [6.45, 7) is 3.79. The molecule has 134 valence electrons. The monoisotopic (exact) mass is 375 g/mol. The molecule has 0 aliphatic carbocycles. The van der Waals surface area contributed by atoms with Crippen LogP contribution in [0, 0.1) is 13.8 Å². The number of aromatic amines is 1. The van der Waals surface area contributed by atoms with E-state index in [1.54, 1.807) is 12.3 Å². The lowest BCUT2D eigenvalue weighted by atomic mass is 10.2. The van der Waals surface area contributed by atoms with E-state index < -0.39 is 0 Å². The van der Waals surface area contributed by atoms with Crippen molar-refractivity contribution in [1.82, 2.24) is 19.9 Å². The lowest BCUT2D eigenvalue weighted by Gasteiger charge is -2.08. The van der Waals surface area contributed by atoms with Gasteiger partial charge in [0.15, 0.2) is 5.65 Å². The minimum Gasteiger partial charge on any atom is -0.336 e. The highest BCUT2D eigenvalue weighted by molar-refractivity contribution is 7.27. The van der Waals surface area contributed by atoms with Crippen LogP contribution >= 0.6 is 9.24 Å². The van der Waals surface area contributed by atoms with Gasteiger partial charge in [0.2, 0.25) is 0 Å². The molecule has 1 amide bonds. The highest BCUT2D eigenvalue weighted by Gasteiger charge is 2.16. The van der Waals surface area contributed by atoms with Crippen LogP contribution in [-0.4, -0.2) is 25.8 Å². The first-order valence-electron chi connectivity index (χ1n) is 8.47. The average Bonchev–Trinajstić information content (AvgIpc) is 3.08. The second kappa shape index (κ2) is 6.89. The summed E-state index contributed by atoms with van der Waals surface area (Å²) < 4.78 is 0. The van der Waals surface area contributed by atoms with Gasteiger partial charge in [-0.1, -0.05) is 24.3 Å². The van der Waals surface area contributed by atoms with Gasteiger partial charge in [0.05, 0.1) is 22.5 Å². The first-order chi connectivity index (χ1) is 13.0. The molecule has 1 aromatic carbocycles. The molecule has 0 spiro atoms. The molecule has 2 N–H and O–H groups in total. The molecule has 0 radical (unpaired) electrons. The van der Waals surface area contributed by atoms with Gasteiger partial charge >= 0.3 is 0 Å². The van der Waals surface area contributed by atoms with E-state index in [4.69, 9.17) is 0 Å². The Labute approximate surface area is 158 Å². The molecule has 3 aromatic heterocycles. The fraction of sp³-hybridized carbons (Fsp3) is 0.100. The van der Waals surface area contributed by atoms with Gasteiger partial charge in [-0.25, -0.2) is 9.97 Å². The van der Waals surface area contributed by atoms with Crippen molar-refractivity contribution in [3.05, 3.63) is 65.6 Å².